The van der Waals surface area contributed by atoms with E-state index in [1.807, 2.05) is 25.3 Å². The molecular weight excluding hydrogens is 458 g/mol. The largest absolute Gasteiger partial charge is 0.352 e. The minimum absolute atomic E-state index is 0.0249. The third-order valence-electron chi connectivity index (χ3n) is 6.28. The summed E-state index contributed by atoms with van der Waals surface area (Å²) in [4.78, 5) is 12.8. The number of rotatable bonds is 10. The summed E-state index contributed by atoms with van der Waals surface area (Å²) < 4.78 is 28.9. The molecule has 1 aliphatic carbocycles. The van der Waals surface area contributed by atoms with Crippen LogP contribution in [0, 0.1) is 5.92 Å². The molecule has 10 heteroatoms. The Hall–Kier alpha value is -1.91. The second kappa shape index (κ2) is 11.5. The minimum Gasteiger partial charge on any atom is -0.352 e. The van der Waals surface area contributed by atoms with E-state index in [-0.39, 0.29) is 16.8 Å². The molecule has 8 nitrogen and oxygen atoms in total. The lowest BCUT2D eigenvalue weighted by atomic mass is 9.86. The van der Waals surface area contributed by atoms with Gasteiger partial charge in [0.15, 0.2) is 11.0 Å². The van der Waals surface area contributed by atoms with Gasteiger partial charge in [0, 0.05) is 31.2 Å². The number of aromatic nitrogens is 3. The number of thioether (sulfide) groups is 1. The SMILES string of the molecule is CCN(CC)S(=O)(=O)c1ccc(-c2nnc(SCC(=O)N[C@H]3CCCC[C@@H]3C)n2CC)cc1. The van der Waals surface area contributed by atoms with Crippen LogP contribution in [0.25, 0.3) is 11.4 Å². The summed E-state index contributed by atoms with van der Waals surface area (Å²) in [5, 5.41) is 12.5. The zero-order valence-corrected chi connectivity index (χ0v) is 21.6. The van der Waals surface area contributed by atoms with Crippen LogP contribution in [0.3, 0.4) is 0 Å². The fraction of sp³-hybridized carbons (Fsp3) is 0.609. The second-order valence-corrected chi connectivity index (χ2v) is 11.3. The third-order valence-corrected chi connectivity index (χ3v) is 9.31. The number of nitrogens with one attached hydrogen (secondary N) is 1. The van der Waals surface area contributed by atoms with Crippen LogP contribution in [-0.4, -0.2) is 58.3 Å². The summed E-state index contributed by atoms with van der Waals surface area (Å²) in [5.41, 5.74) is 0.787. The summed E-state index contributed by atoms with van der Waals surface area (Å²) in [5.74, 6) is 1.50. The molecule has 1 aromatic carbocycles. The number of sulfonamides is 1. The van der Waals surface area contributed by atoms with Gasteiger partial charge in [-0.15, -0.1) is 10.2 Å². The van der Waals surface area contributed by atoms with Crippen LogP contribution in [0.1, 0.15) is 53.4 Å². The van der Waals surface area contributed by atoms with Crippen molar-refractivity contribution in [3.8, 4) is 11.4 Å². The lowest BCUT2D eigenvalue weighted by molar-refractivity contribution is -0.119. The Kier molecular flexibility index (Phi) is 8.95. The Morgan fingerprint density at radius 1 is 1.12 bits per heavy atom. The van der Waals surface area contributed by atoms with Gasteiger partial charge in [0.2, 0.25) is 15.9 Å². The topological polar surface area (TPSA) is 97.2 Å². The number of carbonyl (C=O) groups is 1. The Balaban J connectivity index is 1.69. The van der Waals surface area contributed by atoms with Gasteiger partial charge in [-0.25, -0.2) is 8.42 Å². The van der Waals surface area contributed by atoms with E-state index in [9.17, 15) is 13.2 Å². The highest BCUT2D eigenvalue weighted by molar-refractivity contribution is 7.99. The molecule has 0 spiro atoms. The Labute approximate surface area is 201 Å². The highest BCUT2D eigenvalue weighted by Crippen LogP contribution is 2.27. The molecule has 0 saturated heterocycles. The van der Waals surface area contributed by atoms with Crippen molar-refractivity contribution in [3.63, 3.8) is 0 Å². The van der Waals surface area contributed by atoms with Gasteiger partial charge in [-0.3, -0.25) is 4.79 Å². The standard InChI is InChI=1S/C23H35N5O3S2/c1-5-27(6-2)33(30,31)19-14-12-18(13-15-19)22-25-26-23(28(22)7-3)32-16-21(29)24-20-11-9-8-10-17(20)4/h12-15,17,20H,5-11,16H2,1-4H3,(H,24,29)/t17-,20-/m0/s1. The van der Waals surface area contributed by atoms with E-state index < -0.39 is 10.0 Å². The molecule has 1 heterocycles. The number of benzene rings is 1. The van der Waals surface area contributed by atoms with Crippen molar-refractivity contribution in [3.05, 3.63) is 24.3 Å². The van der Waals surface area contributed by atoms with Crippen molar-refractivity contribution >= 4 is 27.7 Å². The van der Waals surface area contributed by atoms with Gasteiger partial charge in [0.1, 0.15) is 0 Å². The van der Waals surface area contributed by atoms with Gasteiger partial charge in [-0.2, -0.15) is 4.31 Å². The molecule has 0 aliphatic heterocycles. The number of nitrogens with zero attached hydrogens (tertiary/aromatic N) is 4. The van der Waals surface area contributed by atoms with Crippen molar-refractivity contribution in [2.24, 2.45) is 5.92 Å². The van der Waals surface area contributed by atoms with Crippen molar-refractivity contribution in [2.75, 3.05) is 18.8 Å². The molecule has 0 bridgehead atoms. The van der Waals surface area contributed by atoms with Gasteiger partial charge < -0.3 is 9.88 Å². The molecule has 1 aromatic heterocycles. The quantitative estimate of drug-likeness (QED) is 0.506. The van der Waals surface area contributed by atoms with E-state index in [0.717, 1.165) is 12.0 Å². The molecule has 3 rings (SSSR count). The lowest BCUT2D eigenvalue weighted by Gasteiger charge is -2.29. The Bertz CT molecular complexity index is 1030. The third kappa shape index (κ3) is 5.96. The summed E-state index contributed by atoms with van der Waals surface area (Å²) in [6, 6.07) is 7.01. The van der Waals surface area contributed by atoms with Crippen LogP contribution in [0.2, 0.25) is 0 Å². The fourth-order valence-corrected chi connectivity index (χ4v) is 6.56. The normalized spacial score (nSPS) is 19.1. The molecule has 1 saturated carbocycles. The van der Waals surface area contributed by atoms with Crippen LogP contribution in [-0.2, 0) is 21.4 Å². The second-order valence-electron chi connectivity index (χ2n) is 8.39. The predicted molar refractivity (Wildman–Crippen MR) is 132 cm³/mol. The Morgan fingerprint density at radius 2 is 1.79 bits per heavy atom. The molecule has 0 unspecified atom stereocenters. The average molecular weight is 494 g/mol. The zero-order valence-electron chi connectivity index (χ0n) is 20.0. The van der Waals surface area contributed by atoms with Gasteiger partial charge in [-0.1, -0.05) is 45.4 Å². The van der Waals surface area contributed by atoms with E-state index in [1.54, 1.807) is 24.3 Å². The summed E-state index contributed by atoms with van der Waals surface area (Å²) in [7, 11) is -3.50. The maximum absolute atomic E-state index is 12.7. The van der Waals surface area contributed by atoms with Gasteiger partial charge in [-0.05, 0) is 49.9 Å². The zero-order chi connectivity index (χ0) is 24.0. The number of hydrogen-bond acceptors (Lipinski definition) is 6. The first-order chi connectivity index (χ1) is 15.8. The molecule has 1 aliphatic rings. The first-order valence-electron chi connectivity index (χ1n) is 11.8. The van der Waals surface area contributed by atoms with Gasteiger partial charge >= 0.3 is 0 Å². The average Bonchev–Trinajstić information content (AvgIpc) is 3.23. The van der Waals surface area contributed by atoms with Crippen molar-refractivity contribution < 1.29 is 13.2 Å². The monoisotopic (exact) mass is 493 g/mol. The maximum Gasteiger partial charge on any atom is 0.243 e. The van der Waals surface area contributed by atoms with E-state index in [4.69, 9.17) is 0 Å². The number of carbonyl (C=O) groups excluding carboxylic acids is 1. The molecular formula is C23H35N5O3S2. The number of hydrogen-bond donors (Lipinski definition) is 1. The highest BCUT2D eigenvalue weighted by Gasteiger charge is 2.24. The van der Waals surface area contributed by atoms with E-state index >= 15 is 0 Å². The van der Waals surface area contributed by atoms with Crippen LogP contribution >= 0.6 is 11.8 Å². The highest BCUT2D eigenvalue weighted by atomic mass is 32.2. The summed E-state index contributed by atoms with van der Waals surface area (Å²) in [6.45, 7) is 9.36. The van der Waals surface area contributed by atoms with E-state index in [2.05, 4.69) is 22.4 Å². The summed E-state index contributed by atoms with van der Waals surface area (Å²) >= 11 is 1.38. The molecule has 182 valence electrons. The maximum atomic E-state index is 12.7. The van der Waals surface area contributed by atoms with Crippen molar-refractivity contribution in [1.82, 2.24) is 24.4 Å². The first-order valence-corrected chi connectivity index (χ1v) is 14.2. The molecule has 2 atom stereocenters. The number of amides is 1. The molecule has 33 heavy (non-hydrogen) atoms. The van der Waals surface area contributed by atoms with Crippen LogP contribution < -0.4 is 5.32 Å². The molecule has 1 amide bonds. The Morgan fingerprint density at radius 3 is 2.39 bits per heavy atom. The van der Waals surface area contributed by atoms with E-state index in [1.165, 1.54) is 35.3 Å². The lowest BCUT2D eigenvalue weighted by Crippen LogP contribution is -2.41. The van der Waals surface area contributed by atoms with E-state index in [0.29, 0.717) is 42.3 Å². The molecule has 1 fully saturated rings. The van der Waals surface area contributed by atoms with Gasteiger partial charge in [0.05, 0.1) is 10.6 Å². The summed E-state index contributed by atoms with van der Waals surface area (Å²) in [6.07, 6.45) is 4.63. The predicted octanol–water partition coefficient (Wildman–Crippen LogP) is 3.78. The van der Waals surface area contributed by atoms with Crippen molar-refractivity contribution in [2.45, 2.75) is 76.0 Å². The van der Waals surface area contributed by atoms with Crippen LogP contribution in [0.4, 0.5) is 0 Å². The fourth-order valence-electron chi connectivity index (χ4n) is 4.29. The smallest absolute Gasteiger partial charge is 0.243 e. The minimum atomic E-state index is -3.50. The van der Waals surface area contributed by atoms with Crippen LogP contribution in [0.5, 0.6) is 0 Å². The molecule has 1 N–H and O–H groups in total. The molecule has 0 radical (unpaired) electrons. The van der Waals surface area contributed by atoms with Crippen molar-refractivity contribution in [1.29, 1.82) is 0 Å². The first kappa shape index (κ1) is 25.7. The molecule has 2 aromatic rings. The van der Waals surface area contributed by atoms with Crippen LogP contribution in [0.15, 0.2) is 34.3 Å². The van der Waals surface area contributed by atoms with Gasteiger partial charge in [0.25, 0.3) is 0 Å².